The Morgan fingerprint density at radius 2 is 0.667 bits per heavy atom. The van der Waals surface area contributed by atoms with Gasteiger partial charge in [-0.2, -0.15) is 0 Å². The number of nitrogens with zero attached hydrogens (tertiary/aromatic N) is 2. The molecule has 0 spiro atoms. The van der Waals surface area contributed by atoms with E-state index in [1.54, 1.807) is 0 Å². The molecule has 0 atom stereocenters. The maximum absolute atomic E-state index is 10.2. The summed E-state index contributed by atoms with van der Waals surface area (Å²) in [5.41, 5.74) is -4.67. The molecule has 2 nitrogen and oxygen atoms in total. The van der Waals surface area contributed by atoms with Crippen LogP contribution in [0.5, 0.6) is 0 Å². The van der Waals surface area contributed by atoms with Crippen LogP contribution < -0.4 is 0 Å². The molecule has 0 aliphatic heterocycles. The van der Waals surface area contributed by atoms with Gasteiger partial charge in [0, 0.05) is 0 Å². The van der Waals surface area contributed by atoms with E-state index in [9.17, 15) is 17.9 Å². The van der Waals surface area contributed by atoms with E-state index in [-0.39, 0.29) is 0 Å². The lowest BCUT2D eigenvalue weighted by molar-refractivity contribution is -0.446. The van der Waals surface area contributed by atoms with Crippen molar-refractivity contribution in [2.75, 3.05) is 0 Å². The average molecular weight is 182 g/mol. The fourth-order valence-corrected chi connectivity index (χ4v) is 0.385. The molecule has 0 bridgehead atoms. The highest BCUT2D eigenvalue weighted by atomic mass is 19.5. The van der Waals surface area contributed by atoms with Crippen LogP contribution in [0.3, 0.4) is 0 Å². The van der Waals surface area contributed by atoms with Crippen LogP contribution in [-0.4, -0.2) is 10.9 Å². The van der Waals surface area contributed by atoms with Gasteiger partial charge < -0.3 is 0 Å². The minimum atomic E-state index is -2.33. The van der Waals surface area contributed by atoms with E-state index in [1.807, 2.05) is 36.4 Å². The normalized spacial score (nSPS) is 9.50. The van der Waals surface area contributed by atoms with Crippen LogP contribution in [0, 0.1) is 0 Å². The fourth-order valence-electron chi connectivity index (χ4n) is 0.385. The van der Waals surface area contributed by atoms with Crippen LogP contribution in [0.1, 0.15) is 0 Å². The van der Waals surface area contributed by atoms with Crippen molar-refractivity contribution >= 4 is 0 Å². The van der Waals surface area contributed by atoms with Gasteiger partial charge in [0.1, 0.15) is 0 Å². The largest absolute Gasteiger partial charge is 0.157 e. The first kappa shape index (κ1) is 10.9. The Kier molecular flexibility index (Phi) is 5.94. The third kappa shape index (κ3) is 6.97. The molecule has 0 unspecified atom stereocenters. The zero-order valence-electron chi connectivity index (χ0n) is 5.87. The molecule has 0 saturated carbocycles. The van der Waals surface area contributed by atoms with Crippen molar-refractivity contribution < 1.29 is 17.9 Å². The SMILES string of the molecule is FN(F)N(F)F.c1ccccc1. The van der Waals surface area contributed by atoms with Gasteiger partial charge in [-0.3, -0.25) is 0 Å². The molecule has 1 aromatic rings. The zero-order chi connectivity index (χ0) is 9.40. The molecule has 0 radical (unpaired) electrons. The van der Waals surface area contributed by atoms with Gasteiger partial charge >= 0.3 is 0 Å². The van der Waals surface area contributed by atoms with Crippen molar-refractivity contribution in [3.05, 3.63) is 36.4 Å². The van der Waals surface area contributed by atoms with Crippen molar-refractivity contribution in [2.45, 2.75) is 0 Å². The van der Waals surface area contributed by atoms with E-state index in [4.69, 9.17) is 0 Å². The molecule has 0 fully saturated rings. The van der Waals surface area contributed by atoms with Gasteiger partial charge in [-0.25, -0.2) is 0 Å². The van der Waals surface area contributed by atoms with E-state index >= 15 is 0 Å². The Bertz CT molecular complexity index is 147. The van der Waals surface area contributed by atoms with Crippen LogP contribution >= 0.6 is 0 Å². The summed E-state index contributed by atoms with van der Waals surface area (Å²) in [4.78, 5) is 0. The topological polar surface area (TPSA) is 6.48 Å². The quantitative estimate of drug-likeness (QED) is 0.374. The zero-order valence-corrected chi connectivity index (χ0v) is 5.87. The van der Waals surface area contributed by atoms with Gasteiger partial charge in [0.25, 0.3) is 0 Å². The Balaban J connectivity index is 0.000000202. The van der Waals surface area contributed by atoms with Gasteiger partial charge in [-0.05, 0) is 0 Å². The van der Waals surface area contributed by atoms with Crippen LogP contribution in [0.4, 0.5) is 17.9 Å². The van der Waals surface area contributed by atoms with Crippen molar-refractivity contribution in [1.29, 1.82) is 0 Å². The molecule has 0 aromatic heterocycles. The number of rotatable bonds is 1. The molecular weight excluding hydrogens is 176 g/mol. The third-order valence-electron chi connectivity index (χ3n) is 0.781. The van der Waals surface area contributed by atoms with Crippen molar-refractivity contribution in [1.82, 2.24) is 10.9 Å². The molecule has 0 N–H and O–H groups in total. The molecule has 1 aromatic carbocycles. The molecule has 1 rings (SSSR count). The molecule has 68 valence electrons. The molecule has 0 aliphatic rings. The lowest BCUT2D eigenvalue weighted by atomic mass is 10.4. The van der Waals surface area contributed by atoms with Crippen molar-refractivity contribution in [2.24, 2.45) is 0 Å². The molecule has 6 heteroatoms. The van der Waals surface area contributed by atoms with Crippen molar-refractivity contribution in [3.8, 4) is 0 Å². The van der Waals surface area contributed by atoms with Crippen LogP contribution in [0.25, 0.3) is 0 Å². The number of hydrogen-bond donors (Lipinski definition) is 0. The summed E-state index contributed by atoms with van der Waals surface area (Å²) in [6.45, 7) is 0. The Morgan fingerprint density at radius 3 is 0.750 bits per heavy atom. The Morgan fingerprint density at radius 1 is 0.500 bits per heavy atom. The third-order valence-corrected chi connectivity index (χ3v) is 0.781. The maximum atomic E-state index is 10.2. The van der Waals surface area contributed by atoms with E-state index in [2.05, 4.69) is 0 Å². The smallest absolute Gasteiger partial charge is 0.0784 e. The second-order valence-electron chi connectivity index (χ2n) is 1.58. The minimum Gasteiger partial charge on any atom is -0.0784 e. The molecule has 0 amide bonds. The summed E-state index contributed by atoms with van der Waals surface area (Å²) in [6, 6.07) is 12.0. The number of hydrazine groups is 1. The standard InChI is InChI=1S/C6H6.F4N2/c1-2-4-6-5-3-1;1-5(2)6(3)4/h1-6H;. The van der Waals surface area contributed by atoms with Crippen LogP contribution in [0.15, 0.2) is 36.4 Å². The Labute approximate surface area is 66.3 Å². The van der Waals surface area contributed by atoms with E-state index in [0.29, 0.717) is 0 Å². The summed E-state index contributed by atoms with van der Waals surface area (Å²) < 4.78 is 40.7. The molecular formula is C6H6F4N2. The second-order valence-corrected chi connectivity index (χ2v) is 1.58. The van der Waals surface area contributed by atoms with Gasteiger partial charge in [-0.15, -0.1) is 0 Å². The van der Waals surface area contributed by atoms with Gasteiger partial charge in [-0.1, -0.05) is 54.3 Å². The average Bonchev–Trinajstić information content (AvgIpc) is 2.08. The molecule has 12 heavy (non-hydrogen) atoms. The summed E-state index contributed by atoms with van der Waals surface area (Å²) in [5, 5.41) is 0. The summed E-state index contributed by atoms with van der Waals surface area (Å²) in [5.74, 6) is 0. The fraction of sp³-hybridized carbons (Fsp3) is 0. The van der Waals surface area contributed by atoms with E-state index in [0.717, 1.165) is 0 Å². The van der Waals surface area contributed by atoms with Crippen LogP contribution in [-0.2, 0) is 0 Å². The van der Waals surface area contributed by atoms with Gasteiger partial charge in [0.15, 0.2) is 10.9 Å². The summed E-state index contributed by atoms with van der Waals surface area (Å²) in [7, 11) is 0. The molecule has 0 saturated heterocycles. The molecule has 0 aliphatic carbocycles. The maximum Gasteiger partial charge on any atom is 0.157 e. The Hall–Kier alpha value is -1.14. The first-order chi connectivity index (χ1) is 5.64. The predicted molar refractivity (Wildman–Crippen MR) is 34.6 cm³/mol. The number of halogens is 4. The van der Waals surface area contributed by atoms with E-state index < -0.39 is 10.9 Å². The summed E-state index contributed by atoms with van der Waals surface area (Å²) in [6.07, 6.45) is 0. The lowest BCUT2D eigenvalue weighted by Gasteiger charge is -1.92. The highest BCUT2D eigenvalue weighted by Gasteiger charge is 2.08. The number of hydrogen-bond acceptors (Lipinski definition) is 2. The lowest BCUT2D eigenvalue weighted by Crippen LogP contribution is -2.11. The van der Waals surface area contributed by atoms with Crippen molar-refractivity contribution in [3.63, 3.8) is 0 Å². The minimum absolute atomic E-state index is 2.00. The first-order valence-corrected chi connectivity index (χ1v) is 2.88. The first-order valence-electron chi connectivity index (χ1n) is 2.88. The molecule has 0 heterocycles. The summed E-state index contributed by atoms with van der Waals surface area (Å²) >= 11 is 0. The highest BCUT2D eigenvalue weighted by molar-refractivity contribution is 4.99. The second kappa shape index (κ2) is 6.56. The highest BCUT2D eigenvalue weighted by Crippen LogP contribution is 1.97. The predicted octanol–water partition coefficient (Wildman–Crippen LogP) is 2.73. The van der Waals surface area contributed by atoms with Crippen LogP contribution in [0.2, 0.25) is 0 Å². The van der Waals surface area contributed by atoms with Gasteiger partial charge in [0.2, 0.25) is 0 Å². The van der Waals surface area contributed by atoms with E-state index in [1.165, 1.54) is 0 Å². The number of benzene rings is 1. The monoisotopic (exact) mass is 182 g/mol. The van der Waals surface area contributed by atoms with Gasteiger partial charge in [0.05, 0.1) is 0 Å².